The summed E-state index contributed by atoms with van der Waals surface area (Å²) < 4.78 is 1.22. The molecule has 0 fully saturated rings. The van der Waals surface area contributed by atoms with Gasteiger partial charge in [-0.2, -0.15) is 0 Å². The second-order valence-corrected chi connectivity index (χ2v) is 6.82. The summed E-state index contributed by atoms with van der Waals surface area (Å²) in [6, 6.07) is 6.86. The molecule has 1 aromatic carbocycles. The normalized spacial score (nSPS) is 12.0. The predicted octanol–water partition coefficient (Wildman–Crippen LogP) is 3.54. The summed E-state index contributed by atoms with van der Waals surface area (Å²) in [4.78, 5) is 23.9. The largest absolute Gasteiger partial charge is 0.502 e. The van der Waals surface area contributed by atoms with E-state index in [4.69, 9.17) is 23.2 Å². The third-order valence-corrected chi connectivity index (χ3v) is 4.69. The predicted molar refractivity (Wildman–Crippen MR) is 99.7 cm³/mol. The number of halogens is 2. The molecule has 1 amide bonds. The molecule has 0 bridgehead atoms. The van der Waals surface area contributed by atoms with Gasteiger partial charge >= 0.3 is 0 Å². The molecule has 1 unspecified atom stereocenters. The molecular formula is C18H20Cl2N2O3. The second kappa shape index (κ2) is 8.41. The van der Waals surface area contributed by atoms with E-state index < -0.39 is 17.2 Å². The Labute approximate surface area is 156 Å². The number of hydrogen-bond acceptors (Lipinski definition) is 3. The van der Waals surface area contributed by atoms with E-state index in [9.17, 15) is 14.7 Å². The molecule has 5 nitrogen and oxygen atoms in total. The number of benzene rings is 1. The maximum atomic E-state index is 12.2. The number of aromatic nitrogens is 1. The van der Waals surface area contributed by atoms with Gasteiger partial charge in [0, 0.05) is 19.3 Å². The average molecular weight is 383 g/mol. The van der Waals surface area contributed by atoms with Crippen molar-refractivity contribution in [2.75, 3.05) is 0 Å². The highest BCUT2D eigenvalue weighted by molar-refractivity contribution is 6.42. The van der Waals surface area contributed by atoms with E-state index >= 15 is 0 Å². The first-order valence-corrected chi connectivity index (χ1v) is 8.68. The maximum Gasteiger partial charge on any atom is 0.293 e. The molecule has 0 aliphatic heterocycles. The van der Waals surface area contributed by atoms with Crippen molar-refractivity contribution in [2.24, 2.45) is 7.05 Å². The SMILES string of the molecule is CC(CCCc1ccc(Cl)c(Cl)c1)NC(=O)c1ccn(C)c(=O)c1O. The van der Waals surface area contributed by atoms with Crippen LogP contribution in [0.4, 0.5) is 0 Å². The minimum atomic E-state index is -0.597. The van der Waals surface area contributed by atoms with E-state index in [-0.39, 0.29) is 11.6 Å². The molecular weight excluding hydrogens is 363 g/mol. The van der Waals surface area contributed by atoms with Crippen molar-refractivity contribution in [1.29, 1.82) is 0 Å². The van der Waals surface area contributed by atoms with Crippen molar-refractivity contribution >= 4 is 29.1 Å². The zero-order valence-corrected chi connectivity index (χ0v) is 15.6. The first-order chi connectivity index (χ1) is 11.8. The lowest BCUT2D eigenvalue weighted by atomic mass is 10.1. The number of carbonyl (C=O) groups excluding carboxylic acids is 1. The second-order valence-electron chi connectivity index (χ2n) is 6.01. The number of hydrogen-bond donors (Lipinski definition) is 2. The molecule has 134 valence electrons. The number of aromatic hydroxyl groups is 1. The van der Waals surface area contributed by atoms with Gasteiger partial charge in [-0.05, 0) is 49.9 Å². The van der Waals surface area contributed by atoms with Gasteiger partial charge in [-0.3, -0.25) is 9.59 Å². The van der Waals surface area contributed by atoms with Crippen LogP contribution in [-0.4, -0.2) is 21.6 Å². The van der Waals surface area contributed by atoms with Gasteiger partial charge in [-0.1, -0.05) is 29.3 Å². The van der Waals surface area contributed by atoms with Crippen LogP contribution in [0.5, 0.6) is 5.75 Å². The Morgan fingerprint density at radius 2 is 2.00 bits per heavy atom. The number of carbonyl (C=O) groups is 1. The van der Waals surface area contributed by atoms with Crippen LogP contribution in [0.2, 0.25) is 10.0 Å². The quantitative estimate of drug-likeness (QED) is 0.802. The zero-order chi connectivity index (χ0) is 18.6. The summed E-state index contributed by atoms with van der Waals surface area (Å²) in [6.07, 6.45) is 3.86. The van der Waals surface area contributed by atoms with Gasteiger partial charge in [0.25, 0.3) is 11.5 Å². The van der Waals surface area contributed by atoms with Crippen molar-refractivity contribution in [3.63, 3.8) is 0 Å². The third kappa shape index (κ3) is 5.00. The van der Waals surface area contributed by atoms with Crippen LogP contribution in [-0.2, 0) is 13.5 Å². The Kier molecular flexibility index (Phi) is 6.51. The molecule has 1 heterocycles. The summed E-state index contributed by atoms with van der Waals surface area (Å²) in [5, 5.41) is 13.7. The highest BCUT2D eigenvalue weighted by Crippen LogP contribution is 2.23. The molecule has 1 atom stereocenters. The van der Waals surface area contributed by atoms with Crippen molar-refractivity contribution in [1.82, 2.24) is 9.88 Å². The van der Waals surface area contributed by atoms with Gasteiger partial charge in [0.2, 0.25) is 0 Å². The zero-order valence-electron chi connectivity index (χ0n) is 14.1. The van der Waals surface area contributed by atoms with Crippen molar-refractivity contribution in [3.8, 4) is 5.75 Å². The van der Waals surface area contributed by atoms with Crippen LogP contribution >= 0.6 is 23.2 Å². The molecule has 1 aromatic heterocycles. The molecule has 0 spiro atoms. The smallest absolute Gasteiger partial charge is 0.293 e. The van der Waals surface area contributed by atoms with E-state index in [2.05, 4.69) is 5.32 Å². The highest BCUT2D eigenvalue weighted by Gasteiger charge is 2.16. The lowest BCUT2D eigenvalue weighted by Gasteiger charge is -2.14. The fourth-order valence-corrected chi connectivity index (χ4v) is 2.80. The fraction of sp³-hybridized carbons (Fsp3) is 0.333. The summed E-state index contributed by atoms with van der Waals surface area (Å²) in [5.41, 5.74) is 0.469. The van der Waals surface area contributed by atoms with Crippen molar-refractivity contribution < 1.29 is 9.90 Å². The molecule has 0 aliphatic rings. The molecule has 0 radical (unpaired) electrons. The van der Waals surface area contributed by atoms with E-state index in [0.29, 0.717) is 10.0 Å². The Morgan fingerprint density at radius 1 is 1.28 bits per heavy atom. The molecule has 7 heteroatoms. The van der Waals surface area contributed by atoms with E-state index in [0.717, 1.165) is 24.8 Å². The van der Waals surface area contributed by atoms with E-state index in [1.807, 2.05) is 19.1 Å². The Bertz CT molecular complexity index is 834. The molecule has 25 heavy (non-hydrogen) atoms. The fourth-order valence-electron chi connectivity index (χ4n) is 2.48. The topological polar surface area (TPSA) is 71.3 Å². The summed E-state index contributed by atoms with van der Waals surface area (Å²) in [5.74, 6) is -0.997. The summed E-state index contributed by atoms with van der Waals surface area (Å²) in [6.45, 7) is 1.88. The number of pyridine rings is 1. The number of amides is 1. The van der Waals surface area contributed by atoms with E-state index in [1.54, 1.807) is 6.07 Å². The summed E-state index contributed by atoms with van der Waals surface area (Å²) >= 11 is 11.9. The van der Waals surface area contributed by atoms with E-state index in [1.165, 1.54) is 23.9 Å². The molecule has 0 aliphatic carbocycles. The molecule has 0 saturated heterocycles. The van der Waals surface area contributed by atoms with Gasteiger partial charge in [0.1, 0.15) is 0 Å². The first kappa shape index (κ1) is 19.3. The maximum absolute atomic E-state index is 12.2. The van der Waals surface area contributed by atoms with Crippen molar-refractivity contribution in [2.45, 2.75) is 32.2 Å². The number of nitrogens with zero attached hydrogens (tertiary/aromatic N) is 1. The van der Waals surface area contributed by atoms with Gasteiger partial charge in [-0.15, -0.1) is 0 Å². The Balaban J connectivity index is 1.88. The van der Waals surface area contributed by atoms with Crippen LogP contribution < -0.4 is 10.9 Å². The van der Waals surface area contributed by atoms with Gasteiger partial charge < -0.3 is 15.0 Å². The number of aryl methyl sites for hydroxylation is 2. The third-order valence-electron chi connectivity index (χ3n) is 3.95. The monoisotopic (exact) mass is 382 g/mol. The van der Waals surface area contributed by atoms with Gasteiger partial charge in [-0.25, -0.2) is 0 Å². The minimum absolute atomic E-state index is 0.0144. The number of rotatable bonds is 6. The number of nitrogens with one attached hydrogen (secondary N) is 1. The van der Waals surface area contributed by atoms with Gasteiger partial charge in [0.15, 0.2) is 5.75 Å². The van der Waals surface area contributed by atoms with Crippen LogP contribution in [0.1, 0.15) is 35.7 Å². The van der Waals surface area contributed by atoms with Crippen LogP contribution in [0.15, 0.2) is 35.3 Å². The standard InChI is InChI=1S/C18H20Cl2N2O3/c1-11(4-3-5-12-6-7-14(19)15(20)10-12)21-17(24)13-8-9-22(2)18(25)16(13)23/h6-11,23H,3-5H2,1-2H3,(H,21,24). The van der Waals surface area contributed by atoms with Crippen LogP contribution in [0.25, 0.3) is 0 Å². The molecule has 2 aromatic rings. The molecule has 0 saturated carbocycles. The minimum Gasteiger partial charge on any atom is -0.502 e. The first-order valence-electron chi connectivity index (χ1n) is 7.93. The average Bonchev–Trinajstić information content (AvgIpc) is 2.56. The Hall–Kier alpha value is -1.98. The lowest BCUT2D eigenvalue weighted by molar-refractivity contribution is 0.0935. The highest BCUT2D eigenvalue weighted by atomic mass is 35.5. The van der Waals surface area contributed by atoms with Crippen molar-refractivity contribution in [3.05, 3.63) is 62.0 Å². The lowest BCUT2D eigenvalue weighted by Crippen LogP contribution is -2.33. The van der Waals surface area contributed by atoms with Crippen LogP contribution in [0.3, 0.4) is 0 Å². The molecule has 2 rings (SSSR count). The Morgan fingerprint density at radius 3 is 2.68 bits per heavy atom. The molecule has 2 N–H and O–H groups in total. The van der Waals surface area contributed by atoms with Gasteiger partial charge in [0.05, 0.1) is 15.6 Å². The van der Waals surface area contributed by atoms with Crippen LogP contribution in [0, 0.1) is 0 Å². The summed E-state index contributed by atoms with van der Waals surface area (Å²) in [7, 11) is 1.51.